The number of hydrogen-bond donors (Lipinski definition) is 0. The highest BCUT2D eigenvalue weighted by atomic mass is 127. The van der Waals surface area contributed by atoms with Crippen LogP contribution in [-0.2, 0) is 0 Å². The molecular weight excluding hydrogens is 435 g/mol. The Kier molecular flexibility index (Phi) is 4.67. The Balaban J connectivity index is 1.99. The molecule has 26 heavy (non-hydrogen) atoms. The summed E-state index contributed by atoms with van der Waals surface area (Å²) in [6, 6.07) is 25.3. The molecule has 1 heterocycles. The van der Waals surface area contributed by atoms with Crippen LogP contribution in [-0.4, -0.2) is 9.55 Å². The molecule has 0 aliphatic carbocycles. The van der Waals surface area contributed by atoms with E-state index < -0.39 is 0 Å². The Labute approximate surface area is 164 Å². The van der Waals surface area contributed by atoms with E-state index in [4.69, 9.17) is 4.98 Å². The summed E-state index contributed by atoms with van der Waals surface area (Å²) in [5, 5.41) is 0.615. The lowest BCUT2D eigenvalue weighted by atomic mass is 10.2. The van der Waals surface area contributed by atoms with Crippen LogP contribution < -0.4 is 5.56 Å². The summed E-state index contributed by atoms with van der Waals surface area (Å²) >= 11 is 2.25. The van der Waals surface area contributed by atoms with Crippen molar-refractivity contribution >= 4 is 45.6 Å². The third kappa shape index (κ3) is 3.20. The smallest absolute Gasteiger partial charge is 0.266 e. The summed E-state index contributed by atoms with van der Waals surface area (Å²) in [6.07, 6.45) is 3.87. The Morgan fingerprint density at radius 3 is 2.31 bits per heavy atom. The fourth-order valence-electron chi connectivity index (χ4n) is 2.86. The molecule has 1 aromatic heterocycles. The molecule has 0 fully saturated rings. The molecule has 4 aromatic rings. The maximum Gasteiger partial charge on any atom is 0.266 e. The first-order chi connectivity index (χ1) is 12.7. The molecule has 0 saturated heterocycles. The first-order valence-corrected chi connectivity index (χ1v) is 9.32. The first kappa shape index (κ1) is 16.7. The largest absolute Gasteiger partial charge is 0.268 e. The second kappa shape index (κ2) is 7.25. The predicted molar refractivity (Wildman–Crippen MR) is 115 cm³/mol. The number of para-hydroxylation sites is 2. The van der Waals surface area contributed by atoms with Gasteiger partial charge >= 0.3 is 0 Å². The molecule has 0 aliphatic heterocycles. The van der Waals surface area contributed by atoms with Crippen molar-refractivity contribution in [1.82, 2.24) is 9.55 Å². The molecule has 3 aromatic carbocycles. The van der Waals surface area contributed by atoms with Crippen molar-refractivity contribution < 1.29 is 0 Å². The van der Waals surface area contributed by atoms with Gasteiger partial charge in [-0.05, 0) is 58.5 Å². The fraction of sp³-hybridized carbons (Fsp3) is 0. The fourth-order valence-corrected chi connectivity index (χ4v) is 3.49. The van der Waals surface area contributed by atoms with Crippen molar-refractivity contribution in [1.29, 1.82) is 0 Å². The van der Waals surface area contributed by atoms with Gasteiger partial charge in [0.05, 0.1) is 16.6 Å². The van der Waals surface area contributed by atoms with Crippen LogP contribution in [0, 0.1) is 3.57 Å². The lowest BCUT2D eigenvalue weighted by molar-refractivity contribution is 0.938. The molecule has 0 N–H and O–H groups in total. The summed E-state index contributed by atoms with van der Waals surface area (Å²) < 4.78 is 2.68. The Morgan fingerprint density at radius 2 is 1.50 bits per heavy atom. The molecule has 0 aliphatic rings. The minimum absolute atomic E-state index is 0.0626. The molecule has 0 spiro atoms. The molecule has 0 atom stereocenters. The maximum atomic E-state index is 13.2. The summed E-state index contributed by atoms with van der Waals surface area (Å²) in [5.41, 5.74) is 2.54. The normalized spacial score (nSPS) is 11.3. The third-order valence-corrected chi connectivity index (χ3v) is 5.03. The van der Waals surface area contributed by atoms with Crippen molar-refractivity contribution in [3.8, 4) is 5.69 Å². The van der Waals surface area contributed by atoms with Crippen molar-refractivity contribution in [3.05, 3.63) is 104 Å². The Bertz CT molecular complexity index is 1160. The van der Waals surface area contributed by atoms with Crippen molar-refractivity contribution in [3.63, 3.8) is 0 Å². The van der Waals surface area contributed by atoms with Crippen molar-refractivity contribution in [2.45, 2.75) is 0 Å². The van der Waals surface area contributed by atoms with Crippen LogP contribution in [0.3, 0.4) is 0 Å². The van der Waals surface area contributed by atoms with Crippen LogP contribution in [0.15, 0.2) is 83.7 Å². The number of nitrogens with zero attached hydrogens (tertiary/aromatic N) is 2. The minimum Gasteiger partial charge on any atom is -0.268 e. The van der Waals surface area contributed by atoms with E-state index in [1.807, 2.05) is 91.0 Å². The zero-order valence-electron chi connectivity index (χ0n) is 13.8. The molecule has 3 nitrogen and oxygen atoms in total. The van der Waals surface area contributed by atoms with E-state index in [1.165, 1.54) is 0 Å². The van der Waals surface area contributed by atoms with Gasteiger partial charge in [-0.25, -0.2) is 4.98 Å². The van der Waals surface area contributed by atoms with Gasteiger partial charge in [-0.1, -0.05) is 60.7 Å². The van der Waals surface area contributed by atoms with Gasteiger partial charge in [-0.3, -0.25) is 9.36 Å². The van der Waals surface area contributed by atoms with Crippen LogP contribution in [0.25, 0.3) is 28.7 Å². The molecule has 126 valence electrons. The molecule has 0 amide bonds. The van der Waals surface area contributed by atoms with E-state index in [-0.39, 0.29) is 5.56 Å². The molecular formula is C22H15IN2O. The van der Waals surface area contributed by atoms with Crippen LogP contribution in [0.2, 0.25) is 0 Å². The molecule has 0 bridgehead atoms. The van der Waals surface area contributed by atoms with E-state index >= 15 is 0 Å². The Morgan fingerprint density at radius 1 is 0.808 bits per heavy atom. The second-order valence-electron chi connectivity index (χ2n) is 5.82. The number of benzene rings is 3. The number of fused-ring (bicyclic) bond motifs is 1. The standard InChI is InChI=1S/C22H15IN2O/c23-18-11-5-7-13-20(18)25-21(15-14-16-8-2-1-3-9-16)24-19-12-6-4-10-17(19)22(25)26/h1-15H/b15-14+. The monoisotopic (exact) mass is 450 g/mol. The number of aromatic nitrogens is 2. The second-order valence-corrected chi connectivity index (χ2v) is 6.99. The zero-order valence-corrected chi connectivity index (χ0v) is 16.0. The van der Waals surface area contributed by atoms with Crippen LogP contribution in [0.1, 0.15) is 11.4 Å². The van der Waals surface area contributed by atoms with Crippen molar-refractivity contribution in [2.24, 2.45) is 0 Å². The van der Waals surface area contributed by atoms with E-state index in [1.54, 1.807) is 4.57 Å². The third-order valence-electron chi connectivity index (χ3n) is 4.12. The van der Waals surface area contributed by atoms with E-state index in [9.17, 15) is 4.79 Å². The highest BCUT2D eigenvalue weighted by Gasteiger charge is 2.12. The quantitative estimate of drug-likeness (QED) is 0.404. The van der Waals surface area contributed by atoms with Gasteiger partial charge < -0.3 is 0 Å². The average molecular weight is 450 g/mol. The van der Waals surface area contributed by atoms with Crippen LogP contribution in [0.4, 0.5) is 0 Å². The highest BCUT2D eigenvalue weighted by Crippen LogP contribution is 2.19. The van der Waals surface area contributed by atoms with E-state index in [2.05, 4.69) is 22.6 Å². The van der Waals surface area contributed by atoms with Gasteiger partial charge in [-0.2, -0.15) is 0 Å². The Hall–Kier alpha value is -2.73. The first-order valence-electron chi connectivity index (χ1n) is 8.24. The van der Waals surface area contributed by atoms with Gasteiger partial charge in [0.25, 0.3) is 5.56 Å². The molecule has 4 heteroatoms. The van der Waals surface area contributed by atoms with Gasteiger partial charge in [0, 0.05) is 3.57 Å². The number of hydrogen-bond acceptors (Lipinski definition) is 2. The highest BCUT2D eigenvalue weighted by molar-refractivity contribution is 14.1. The van der Waals surface area contributed by atoms with Crippen LogP contribution in [0.5, 0.6) is 0 Å². The summed E-state index contributed by atoms with van der Waals surface area (Å²) in [4.78, 5) is 17.9. The van der Waals surface area contributed by atoms with Gasteiger partial charge in [-0.15, -0.1) is 0 Å². The summed E-state index contributed by atoms with van der Waals surface area (Å²) in [7, 11) is 0. The lowest BCUT2D eigenvalue weighted by Crippen LogP contribution is -2.23. The molecule has 0 unspecified atom stereocenters. The molecule has 0 saturated carbocycles. The molecule has 4 rings (SSSR count). The summed E-state index contributed by atoms with van der Waals surface area (Å²) in [5.74, 6) is 0.613. The van der Waals surface area contributed by atoms with Crippen molar-refractivity contribution in [2.75, 3.05) is 0 Å². The van der Waals surface area contributed by atoms with E-state index in [0.29, 0.717) is 16.7 Å². The average Bonchev–Trinajstić information content (AvgIpc) is 2.68. The zero-order chi connectivity index (χ0) is 17.9. The number of halogens is 1. The van der Waals surface area contributed by atoms with E-state index in [0.717, 1.165) is 14.8 Å². The van der Waals surface area contributed by atoms with Crippen LogP contribution >= 0.6 is 22.6 Å². The van der Waals surface area contributed by atoms with Gasteiger partial charge in [0.15, 0.2) is 0 Å². The van der Waals surface area contributed by atoms with Gasteiger partial charge in [0.1, 0.15) is 5.82 Å². The predicted octanol–water partition coefficient (Wildman–Crippen LogP) is 5.16. The summed E-state index contributed by atoms with van der Waals surface area (Å²) in [6.45, 7) is 0. The lowest BCUT2D eigenvalue weighted by Gasteiger charge is -2.13. The molecule has 0 radical (unpaired) electrons. The minimum atomic E-state index is -0.0626. The SMILES string of the molecule is O=c1c2ccccc2nc(/C=C/c2ccccc2)n1-c1ccccc1I. The topological polar surface area (TPSA) is 34.9 Å². The van der Waals surface area contributed by atoms with Gasteiger partial charge in [0.2, 0.25) is 0 Å². The number of rotatable bonds is 3. The maximum absolute atomic E-state index is 13.2.